The molecule has 1 aliphatic heterocycles. The van der Waals surface area contributed by atoms with Crippen LogP contribution < -0.4 is 5.73 Å². The molecule has 3 nitrogen and oxygen atoms in total. The predicted molar refractivity (Wildman–Crippen MR) is 69.7 cm³/mol. The van der Waals surface area contributed by atoms with Gasteiger partial charge in [0.1, 0.15) is 11.6 Å². The Labute approximate surface area is 112 Å². The Kier molecular flexibility index (Phi) is 4.50. The molecule has 1 aromatic rings. The number of nitrogens with two attached hydrogens (primary N) is 1. The molecular weight excluding hydrogens is 250 g/mol. The highest BCUT2D eigenvalue weighted by Crippen LogP contribution is 2.26. The lowest BCUT2D eigenvalue weighted by atomic mass is 10.0. The van der Waals surface area contributed by atoms with Crippen molar-refractivity contribution in [3.8, 4) is 0 Å². The van der Waals surface area contributed by atoms with Crippen molar-refractivity contribution in [3.63, 3.8) is 0 Å². The minimum atomic E-state index is -0.567. The number of benzene rings is 1. The standard InChI is InChI=1S/C14H20F2N2O/c1-9-8-19-10(2)7-18(9)14(6-17)11-3-12(15)5-13(16)4-11/h3-5,9-10,14H,6-8,17H2,1-2H3. The summed E-state index contributed by atoms with van der Waals surface area (Å²) >= 11 is 0. The van der Waals surface area contributed by atoms with Crippen LogP contribution in [0.5, 0.6) is 0 Å². The first-order valence-corrected chi connectivity index (χ1v) is 6.54. The quantitative estimate of drug-likeness (QED) is 0.914. The first-order chi connectivity index (χ1) is 9.01. The summed E-state index contributed by atoms with van der Waals surface area (Å²) in [5.74, 6) is -1.13. The van der Waals surface area contributed by atoms with Crippen molar-refractivity contribution in [2.75, 3.05) is 19.7 Å². The lowest BCUT2D eigenvalue weighted by molar-refractivity contribution is -0.0654. The molecule has 1 fully saturated rings. The van der Waals surface area contributed by atoms with E-state index in [0.29, 0.717) is 25.3 Å². The summed E-state index contributed by atoms with van der Waals surface area (Å²) in [6.07, 6.45) is 0.101. The summed E-state index contributed by atoms with van der Waals surface area (Å²) in [5.41, 5.74) is 6.40. The third kappa shape index (κ3) is 3.29. The van der Waals surface area contributed by atoms with E-state index in [0.717, 1.165) is 6.07 Å². The van der Waals surface area contributed by atoms with Crippen molar-refractivity contribution in [1.29, 1.82) is 0 Å². The summed E-state index contributed by atoms with van der Waals surface area (Å²) in [6.45, 7) is 5.65. The van der Waals surface area contributed by atoms with E-state index >= 15 is 0 Å². The maximum Gasteiger partial charge on any atom is 0.126 e. The average Bonchev–Trinajstić information content (AvgIpc) is 2.33. The largest absolute Gasteiger partial charge is 0.376 e. The van der Waals surface area contributed by atoms with Crippen LogP contribution in [0.1, 0.15) is 25.5 Å². The minimum absolute atomic E-state index is 0.101. The van der Waals surface area contributed by atoms with Crippen LogP contribution in [0.4, 0.5) is 8.78 Å². The van der Waals surface area contributed by atoms with Gasteiger partial charge in [0.2, 0.25) is 0 Å². The van der Waals surface area contributed by atoms with E-state index in [1.807, 2.05) is 13.8 Å². The molecule has 3 unspecified atom stereocenters. The fraction of sp³-hybridized carbons (Fsp3) is 0.571. The molecule has 0 aliphatic carbocycles. The maximum absolute atomic E-state index is 13.3. The van der Waals surface area contributed by atoms with E-state index in [9.17, 15) is 8.78 Å². The Morgan fingerprint density at radius 3 is 2.53 bits per heavy atom. The van der Waals surface area contributed by atoms with Gasteiger partial charge in [-0.1, -0.05) is 0 Å². The van der Waals surface area contributed by atoms with Gasteiger partial charge >= 0.3 is 0 Å². The molecule has 0 bridgehead atoms. The number of hydrogen-bond donors (Lipinski definition) is 1. The molecule has 5 heteroatoms. The Morgan fingerprint density at radius 2 is 1.95 bits per heavy atom. The third-order valence-electron chi connectivity index (χ3n) is 3.55. The molecular formula is C14H20F2N2O. The lowest BCUT2D eigenvalue weighted by Crippen LogP contribution is -2.50. The molecule has 19 heavy (non-hydrogen) atoms. The van der Waals surface area contributed by atoms with Gasteiger partial charge in [0.25, 0.3) is 0 Å². The zero-order chi connectivity index (χ0) is 14.0. The molecule has 1 saturated heterocycles. The molecule has 0 saturated carbocycles. The van der Waals surface area contributed by atoms with E-state index in [-0.39, 0.29) is 18.2 Å². The number of ether oxygens (including phenoxy) is 1. The Hall–Kier alpha value is -1.04. The zero-order valence-corrected chi connectivity index (χ0v) is 11.3. The topological polar surface area (TPSA) is 38.5 Å². The van der Waals surface area contributed by atoms with Crippen LogP contribution in [0.25, 0.3) is 0 Å². The van der Waals surface area contributed by atoms with E-state index < -0.39 is 11.6 Å². The third-order valence-corrected chi connectivity index (χ3v) is 3.55. The van der Waals surface area contributed by atoms with Gasteiger partial charge in [-0.15, -0.1) is 0 Å². The number of nitrogens with zero attached hydrogens (tertiary/aromatic N) is 1. The maximum atomic E-state index is 13.3. The van der Waals surface area contributed by atoms with Crippen LogP contribution in [0, 0.1) is 11.6 Å². The zero-order valence-electron chi connectivity index (χ0n) is 11.3. The molecule has 106 valence electrons. The van der Waals surface area contributed by atoms with Gasteiger partial charge in [-0.3, -0.25) is 4.90 Å². The summed E-state index contributed by atoms with van der Waals surface area (Å²) in [7, 11) is 0. The minimum Gasteiger partial charge on any atom is -0.376 e. The van der Waals surface area contributed by atoms with E-state index in [1.165, 1.54) is 12.1 Å². The number of rotatable bonds is 3. The van der Waals surface area contributed by atoms with Crippen molar-refractivity contribution in [3.05, 3.63) is 35.4 Å². The Bertz CT molecular complexity index is 421. The number of hydrogen-bond acceptors (Lipinski definition) is 3. The van der Waals surface area contributed by atoms with Crippen LogP contribution in [-0.4, -0.2) is 36.7 Å². The van der Waals surface area contributed by atoms with Gasteiger partial charge in [0.05, 0.1) is 12.7 Å². The molecule has 0 spiro atoms. The van der Waals surface area contributed by atoms with Gasteiger partial charge in [0, 0.05) is 31.2 Å². The van der Waals surface area contributed by atoms with E-state index in [2.05, 4.69) is 4.90 Å². The van der Waals surface area contributed by atoms with E-state index in [1.54, 1.807) is 0 Å². The van der Waals surface area contributed by atoms with Crippen LogP contribution in [0.2, 0.25) is 0 Å². The first-order valence-electron chi connectivity index (χ1n) is 6.54. The van der Waals surface area contributed by atoms with Gasteiger partial charge in [-0.2, -0.15) is 0 Å². The molecule has 2 N–H and O–H groups in total. The summed E-state index contributed by atoms with van der Waals surface area (Å²) < 4.78 is 32.3. The summed E-state index contributed by atoms with van der Waals surface area (Å²) in [5, 5.41) is 0. The predicted octanol–water partition coefficient (Wildman–Crippen LogP) is 2.07. The second kappa shape index (κ2) is 5.94. The van der Waals surface area contributed by atoms with Crippen LogP contribution in [0.3, 0.4) is 0 Å². The molecule has 1 heterocycles. The van der Waals surface area contributed by atoms with Gasteiger partial charge in [-0.25, -0.2) is 8.78 Å². The van der Waals surface area contributed by atoms with Crippen LogP contribution in [0.15, 0.2) is 18.2 Å². The molecule has 0 radical (unpaired) electrons. The Morgan fingerprint density at radius 1 is 1.32 bits per heavy atom. The van der Waals surface area contributed by atoms with Crippen LogP contribution >= 0.6 is 0 Å². The van der Waals surface area contributed by atoms with Gasteiger partial charge in [-0.05, 0) is 31.5 Å². The second-order valence-corrected chi connectivity index (χ2v) is 5.14. The Balaban J connectivity index is 2.27. The molecule has 0 amide bonds. The summed E-state index contributed by atoms with van der Waals surface area (Å²) in [6, 6.07) is 3.58. The summed E-state index contributed by atoms with van der Waals surface area (Å²) in [4.78, 5) is 2.16. The van der Waals surface area contributed by atoms with Gasteiger partial charge < -0.3 is 10.5 Å². The lowest BCUT2D eigenvalue weighted by Gasteiger charge is -2.41. The molecule has 1 aromatic carbocycles. The first kappa shape index (κ1) is 14.4. The molecule has 0 aromatic heterocycles. The van der Waals surface area contributed by atoms with Crippen molar-refractivity contribution < 1.29 is 13.5 Å². The molecule has 2 rings (SSSR count). The van der Waals surface area contributed by atoms with Gasteiger partial charge in [0.15, 0.2) is 0 Å². The number of halogens is 2. The SMILES string of the molecule is CC1CN(C(CN)c2cc(F)cc(F)c2)C(C)CO1. The fourth-order valence-electron chi connectivity index (χ4n) is 2.59. The van der Waals surface area contributed by atoms with Crippen molar-refractivity contribution in [1.82, 2.24) is 4.90 Å². The number of morpholine rings is 1. The fourth-order valence-corrected chi connectivity index (χ4v) is 2.59. The highest BCUT2D eigenvalue weighted by atomic mass is 19.1. The molecule has 1 aliphatic rings. The smallest absolute Gasteiger partial charge is 0.126 e. The highest BCUT2D eigenvalue weighted by molar-refractivity contribution is 5.22. The average molecular weight is 270 g/mol. The van der Waals surface area contributed by atoms with Crippen molar-refractivity contribution in [2.24, 2.45) is 5.73 Å². The van der Waals surface area contributed by atoms with Crippen molar-refractivity contribution in [2.45, 2.75) is 32.0 Å². The van der Waals surface area contributed by atoms with Crippen molar-refractivity contribution >= 4 is 0 Å². The monoisotopic (exact) mass is 270 g/mol. The highest BCUT2D eigenvalue weighted by Gasteiger charge is 2.30. The second-order valence-electron chi connectivity index (χ2n) is 5.14. The molecule has 3 atom stereocenters. The normalized spacial score (nSPS) is 26.4. The van der Waals surface area contributed by atoms with E-state index in [4.69, 9.17) is 10.5 Å². The van der Waals surface area contributed by atoms with Crippen LogP contribution in [-0.2, 0) is 4.74 Å².